The molecule has 0 atom stereocenters. The van der Waals surface area contributed by atoms with Gasteiger partial charge in [-0.2, -0.15) is 0 Å². The van der Waals surface area contributed by atoms with Crippen LogP contribution in [0.2, 0.25) is 0 Å². The van der Waals surface area contributed by atoms with Gasteiger partial charge in [0.2, 0.25) is 5.91 Å². The number of benzene rings is 1. The molecule has 1 amide bonds. The number of amides is 1. The molecule has 1 aliphatic heterocycles. The molecule has 0 fully saturated rings. The summed E-state index contributed by atoms with van der Waals surface area (Å²) in [4.78, 5) is 38.6. The molecule has 0 aliphatic carbocycles. The molecule has 7 nitrogen and oxygen atoms in total. The highest BCUT2D eigenvalue weighted by atomic mass is 79.9. The summed E-state index contributed by atoms with van der Waals surface area (Å²) in [7, 11) is 2.96. The van der Waals surface area contributed by atoms with Gasteiger partial charge in [0, 0.05) is 25.5 Å². The molecule has 0 bridgehead atoms. The quantitative estimate of drug-likeness (QED) is 0.745. The highest BCUT2D eigenvalue weighted by Crippen LogP contribution is 2.46. The standard InChI is InChI=1S/C16H17BrN4O3/c1-7-6-10-12(11(17)8(7)2)18-14-13(21(10)9(3)22)15(23)20(5)16(24)19(14)4/h6,18H,1-5H3. The monoisotopic (exact) mass is 392 g/mol. The van der Waals surface area contributed by atoms with Gasteiger partial charge in [-0.05, 0) is 47.0 Å². The van der Waals surface area contributed by atoms with E-state index in [4.69, 9.17) is 0 Å². The van der Waals surface area contributed by atoms with Gasteiger partial charge in [-0.3, -0.25) is 23.6 Å². The number of carbonyl (C=O) groups is 1. The van der Waals surface area contributed by atoms with E-state index >= 15 is 0 Å². The summed E-state index contributed by atoms with van der Waals surface area (Å²) in [5.74, 6) is -0.000319. The summed E-state index contributed by atoms with van der Waals surface area (Å²) in [5, 5.41) is 3.15. The van der Waals surface area contributed by atoms with E-state index < -0.39 is 11.2 Å². The SMILES string of the molecule is CC(=O)N1c2cc(C)c(C)c(Br)c2Nc2c1c(=O)n(C)c(=O)n2C. The maximum absolute atomic E-state index is 12.7. The molecule has 0 radical (unpaired) electrons. The van der Waals surface area contributed by atoms with Crippen LogP contribution in [0, 0.1) is 13.8 Å². The largest absolute Gasteiger partial charge is 0.337 e. The Kier molecular flexibility index (Phi) is 3.67. The minimum absolute atomic E-state index is 0.148. The highest BCUT2D eigenvalue weighted by molar-refractivity contribution is 9.10. The van der Waals surface area contributed by atoms with E-state index in [1.54, 1.807) is 7.05 Å². The van der Waals surface area contributed by atoms with Crippen molar-refractivity contribution in [2.75, 3.05) is 10.2 Å². The van der Waals surface area contributed by atoms with Crippen LogP contribution in [0.25, 0.3) is 0 Å². The Labute approximate surface area is 146 Å². The zero-order chi connectivity index (χ0) is 17.9. The summed E-state index contributed by atoms with van der Waals surface area (Å²) in [5.41, 5.74) is 2.41. The summed E-state index contributed by atoms with van der Waals surface area (Å²) in [6.07, 6.45) is 0. The van der Waals surface area contributed by atoms with Crippen LogP contribution in [0.1, 0.15) is 18.1 Å². The first-order chi connectivity index (χ1) is 11.2. The predicted octanol–water partition coefficient (Wildman–Crippen LogP) is 2.20. The van der Waals surface area contributed by atoms with Crippen LogP contribution in [0.5, 0.6) is 0 Å². The predicted molar refractivity (Wildman–Crippen MR) is 96.6 cm³/mol. The van der Waals surface area contributed by atoms with Crippen LogP contribution in [-0.4, -0.2) is 15.0 Å². The average molecular weight is 393 g/mol. The number of aromatic nitrogens is 2. The number of anilines is 4. The van der Waals surface area contributed by atoms with Crippen molar-refractivity contribution in [1.29, 1.82) is 0 Å². The minimum atomic E-state index is -0.518. The van der Waals surface area contributed by atoms with Gasteiger partial charge >= 0.3 is 5.69 Å². The van der Waals surface area contributed by atoms with Crippen LogP contribution >= 0.6 is 15.9 Å². The van der Waals surface area contributed by atoms with Gasteiger partial charge in [-0.25, -0.2) is 4.79 Å². The molecule has 0 spiro atoms. The number of carbonyl (C=O) groups excluding carboxylic acids is 1. The maximum atomic E-state index is 12.7. The lowest BCUT2D eigenvalue weighted by Gasteiger charge is -2.33. The molecule has 1 N–H and O–H groups in total. The second kappa shape index (κ2) is 5.34. The second-order valence-electron chi connectivity index (χ2n) is 5.91. The van der Waals surface area contributed by atoms with Crippen molar-refractivity contribution in [2.24, 2.45) is 14.1 Å². The van der Waals surface area contributed by atoms with Crippen LogP contribution in [-0.2, 0) is 18.9 Å². The van der Waals surface area contributed by atoms with Gasteiger partial charge in [0.15, 0.2) is 5.69 Å². The number of rotatable bonds is 0. The fourth-order valence-corrected chi connectivity index (χ4v) is 3.51. The molecule has 24 heavy (non-hydrogen) atoms. The molecule has 0 saturated carbocycles. The number of aryl methyl sites for hydroxylation is 1. The van der Waals surface area contributed by atoms with Crippen molar-refractivity contribution < 1.29 is 4.79 Å². The number of hydrogen-bond acceptors (Lipinski definition) is 4. The van der Waals surface area contributed by atoms with Crippen LogP contribution < -0.4 is 21.5 Å². The van der Waals surface area contributed by atoms with Gasteiger partial charge in [-0.1, -0.05) is 0 Å². The number of nitrogens with zero attached hydrogens (tertiary/aromatic N) is 3. The third kappa shape index (κ3) is 2.06. The molecule has 8 heteroatoms. The van der Waals surface area contributed by atoms with E-state index in [1.807, 2.05) is 19.9 Å². The summed E-state index contributed by atoms with van der Waals surface area (Å²) in [6.45, 7) is 5.29. The maximum Gasteiger partial charge on any atom is 0.332 e. The molecule has 126 valence electrons. The molecule has 1 aromatic heterocycles. The molecular formula is C16H17BrN4O3. The lowest BCUT2D eigenvalue weighted by atomic mass is 10.0. The van der Waals surface area contributed by atoms with E-state index in [0.29, 0.717) is 17.2 Å². The Morgan fingerprint density at radius 3 is 2.38 bits per heavy atom. The van der Waals surface area contributed by atoms with E-state index in [-0.39, 0.29) is 11.6 Å². The first-order valence-electron chi connectivity index (χ1n) is 7.34. The van der Waals surface area contributed by atoms with Gasteiger partial charge in [-0.15, -0.1) is 0 Å². The smallest absolute Gasteiger partial charge is 0.332 e. The summed E-state index contributed by atoms with van der Waals surface area (Å²) >= 11 is 3.55. The first-order valence-corrected chi connectivity index (χ1v) is 8.13. The van der Waals surface area contributed by atoms with E-state index in [0.717, 1.165) is 20.2 Å². The average Bonchev–Trinajstić information content (AvgIpc) is 2.54. The van der Waals surface area contributed by atoms with Crippen molar-refractivity contribution in [3.63, 3.8) is 0 Å². The van der Waals surface area contributed by atoms with Gasteiger partial charge in [0.25, 0.3) is 5.56 Å². The number of hydrogen-bond donors (Lipinski definition) is 1. The van der Waals surface area contributed by atoms with Crippen molar-refractivity contribution in [1.82, 2.24) is 9.13 Å². The lowest BCUT2D eigenvalue weighted by molar-refractivity contribution is -0.115. The molecule has 1 aromatic carbocycles. The second-order valence-corrected chi connectivity index (χ2v) is 6.70. The number of nitrogens with one attached hydrogen (secondary N) is 1. The van der Waals surface area contributed by atoms with Gasteiger partial charge in [0.1, 0.15) is 5.82 Å². The van der Waals surface area contributed by atoms with Crippen LogP contribution in [0.3, 0.4) is 0 Å². The Morgan fingerprint density at radius 1 is 1.17 bits per heavy atom. The first kappa shape index (κ1) is 16.5. The minimum Gasteiger partial charge on any atom is -0.337 e. The van der Waals surface area contributed by atoms with E-state index in [9.17, 15) is 14.4 Å². The third-order valence-electron chi connectivity index (χ3n) is 4.41. The Morgan fingerprint density at radius 2 is 1.79 bits per heavy atom. The van der Waals surface area contributed by atoms with E-state index in [2.05, 4.69) is 21.2 Å². The highest BCUT2D eigenvalue weighted by Gasteiger charge is 2.33. The molecule has 0 unspecified atom stereocenters. The number of fused-ring (bicyclic) bond motifs is 2. The van der Waals surface area contributed by atoms with Crippen LogP contribution in [0.15, 0.2) is 20.1 Å². The van der Waals surface area contributed by atoms with Crippen molar-refractivity contribution in [3.05, 3.63) is 42.5 Å². The molecular weight excluding hydrogens is 376 g/mol. The third-order valence-corrected chi connectivity index (χ3v) is 5.40. The summed E-state index contributed by atoms with van der Waals surface area (Å²) < 4.78 is 3.12. The fraction of sp³-hybridized carbons (Fsp3) is 0.312. The van der Waals surface area contributed by atoms with E-state index in [1.165, 1.54) is 23.4 Å². The number of halogens is 1. The topological polar surface area (TPSA) is 76.3 Å². The normalized spacial score (nSPS) is 12.5. The van der Waals surface area contributed by atoms with Crippen molar-refractivity contribution in [2.45, 2.75) is 20.8 Å². The Hall–Kier alpha value is -2.35. The van der Waals surface area contributed by atoms with Gasteiger partial charge in [0.05, 0.1) is 11.4 Å². The van der Waals surface area contributed by atoms with Gasteiger partial charge < -0.3 is 5.32 Å². The fourth-order valence-electron chi connectivity index (χ4n) is 2.89. The molecule has 2 heterocycles. The zero-order valence-electron chi connectivity index (χ0n) is 14.0. The zero-order valence-corrected chi connectivity index (χ0v) is 15.6. The molecule has 2 aromatic rings. The lowest BCUT2D eigenvalue weighted by Crippen LogP contribution is -2.44. The molecule has 3 rings (SSSR count). The Balaban J connectivity index is 2.48. The van der Waals surface area contributed by atoms with Crippen molar-refractivity contribution >= 4 is 44.7 Å². The molecule has 0 saturated heterocycles. The summed E-state index contributed by atoms with van der Waals surface area (Å²) in [6, 6.07) is 1.86. The Bertz CT molecular complexity index is 1020. The van der Waals surface area contributed by atoms with Crippen LogP contribution in [0.4, 0.5) is 22.9 Å². The van der Waals surface area contributed by atoms with Crippen molar-refractivity contribution in [3.8, 4) is 0 Å². The molecule has 1 aliphatic rings.